The summed E-state index contributed by atoms with van der Waals surface area (Å²) in [6, 6.07) is 0. The van der Waals surface area contributed by atoms with Crippen LogP contribution in [-0.4, -0.2) is 22.7 Å². The number of hydrogen-bond donors (Lipinski definition) is 1. The Morgan fingerprint density at radius 3 is 2.36 bits per heavy atom. The minimum absolute atomic E-state index is 0.00896. The normalized spacial score (nSPS) is 16.6. The number of allylic oxidation sites excluding steroid dienone is 4. The van der Waals surface area contributed by atoms with E-state index in [2.05, 4.69) is 38.2 Å². The van der Waals surface area contributed by atoms with Crippen molar-refractivity contribution in [3.63, 3.8) is 0 Å². The van der Waals surface area contributed by atoms with Crippen LogP contribution in [0.4, 0.5) is 0 Å². The fourth-order valence-electron chi connectivity index (χ4n) is 0.983. The predicted molar refractivity (Wildman–Crippen MR) is 66.8 cm³/mol. The second-order valence-electron chi connectivity index (χ2n) is 3.60. The maximum Gasteiger partial charge on any atom is 0.0578 e. The number of aliphatic hydroxyl groups is 1. The molecule has 14 heavy (non-hydrogen) atoms. The lowest BCUT2D eigenvalue weighted by atomic mass is 10.1. The van der Waals surface area contributed by atoms with Gasteiger partial charge in [-0.3, -0.25) is 0 Å². The average molecular weight is 214 g/mol. The van der Waals surface area contributed by atoms with E-state index >= 15 is 0 Å². The third-order valence-corrected chi connectivity index (χ3v) is 3.50. The summed E-state index contributed by atoms with van der Waals surface area (Å²) < 4.78 is -0.00896. The molecule has 82 valence electrons. The summed E-state index contributed by atoms with van der Waals surface area (Å²) in [5, 5.41) is 9.16. The molecule has 1 atom stereocenters. The highest BCUT2D eigenvalue weighted by atomic mass is 32.2. The molecule has 0 spiro atoms. The molecule has 1 nitrogen and oxygen atoms in total. The molecule has 0 aromatic heterocycles. The van der Waals surface area contributed by atoms with Gasteiger partial charge in [-0.25, -0.2) is 0 Å². The van der Waals surface area contributed by atoms with Crippen LogP contribution in [-0.2, 0) is 0 Å². The van der Waals surface area contributed by atoms with Crippen LogP contribution in [0.2, 0.25) is 0 Å². The lowest BCUT2D eigenvalue weighted by molar-refractivity contribution is 0.257. The summed E-state index contributed by atoms with van der Waals surface area (Å²) in [6.45, 7) is 4.46. The van der Waals surface area contributed by atoms with Crippen LogP contribution in [0.15, 0.2) is 24.3 Å². The van der Waals surface area contributed by atoms with Crippen molar-refractivity contribution in [1.29, 1.82) is 0 Å². The number of hydrogen-bond acceptors (Lipinski definition) is 2. The summed E-state index contributed by atoms with van der Waals surface area (Å²) >= 11 is 1.72. The van der Waals surface area contributed by atoms with Gasteiger partial charge < -0.3 is 5.11 Å². The van der Waals surface area contributed by atoms with Gasteiger partial charge in [0.25, 0.3) is 0 Å². The van der Waals surface area contributed by atoms with E-state index in [0.29, 0.717) is 0 Å². The van der Waals surface area contributed by atoms with E-state index in [9.17, 15) is 0 Å². The Bertz CT molecular complexity index is 181. The molecule has 0 aliphatic carbocycles. The van der Waals surface area contributed by atoms with Crippen molar-refractivity contribution in [1.82, 2.24) is 0 Å². The number of thioether (sulfide) groups is 1. The van der Waals surface area contributed by atoms with Crippen molar-refractivity contribution in [3.05, 3.63) is 24.3 Å². The van der Waals surface area contributed by atoms with E-state index in [1.165, 1.54) is 0 Å². The van der Waals surface area contributed by atoms with Gasteiger partial charge in [0.1, 0.15) is 0 Å². The van der Waals surface area contributed by atoms with Crippen molar-refractivity contribution >= 4 is 11.8 Å². The topological polar surface area (TPSA) is 20.2 Å². The van der Waals surface area contributed by atoms with Crippen LogP contribution < -0.4 is 0 Å². The second-order valence-corrected chi connectivity index (χ2v) is 5.00. The Kier molecular flexibility index (Phi) is 8.01. The molecule has 0 aromatic rings. The molecule has 1 N–H and O–H groups in total. The molecular weight excluding hydrogens is 192 g/mol. The van der Waals surface area contributed by atoms with Gasteiger partial charge in [-0.2, -0.15) is 11.8 Å². The Morgan fingerprint density at radius 2 is 1.86 bits per heavy atom. The Morgan fingerprint density at radius 1 is 1.21 bits per heavy atom. The third-order valence-electron chi connectivity index (χ3n) is 2.22. The standard InChI is InChI=1S/C12H22OS/c1-4-5-6-7-8-9-10-12(2,11-13)14-3/h5-6,8-9,13H,4,7,10-11H2,1-3H3/b6-5-,9-8-. The molecule has 2 heteroatoms. The number of aliphatic hydroxyl groups excluding tert-OH is 1. The lowest BCUT2D eigenvalue weighted by Crippen LogP contribution is -2.23. The SMILES string of the molecule is CC/C=C\C/C=C\CC(C)(CO)SC. The van der Waals surface area contributed by atoms with Crippen molar-refractivity contribution in [2.75, 3.05) is 12.9 Å². The largest absolute Gasteiger partial charge is 0.395 e. The van der Waals surface area contributed by atoms with Crippen molar-refractivity contribution in [2.45, 2.75) is 37.9 Å². The lowest BCUT2D eigenvalue weighted by Gasteiger charge is -2.22. The van der Waals surface area contributed by atoms with Crippen LogP contribution in [0.3, 0.4) is 0 Å². The maximum atomic E-state index is 9.16. The summed E-state index contributed by atoms with van der Waals surface area (Å²) in [7, 11) is 0. The van der Waals surface area contributed by atoms with Crippen LogP contribution in [0.25, 0.3) is 0 Å². The van der Waals surface area contributed by atoms with E-state index in [1.54, 1.807) is 11.8 Å². The van der Waals surface area contributed by atoms with Gasteiger partial charge in [-0.15, -0.1) is 0 Å². The van der Waals surface area contributed by atoms with E-state index in [4.69, 9.17) is 5.11 Å². The van der Waals surface area contributed by atoms with Crippen molar-refractivity contribution in [2.24, 2.45) is 0 Å². The van der Waals surface area contributed by atoms with Crippen molar-refractivity contribution in [3.8, 4) is 0 Å². The van der Waals surface area contributed by atoms with Gasteiger partial charge in [-0.05, 0) is 32.4 Å². The molecule has 0 heterocycles. The van der Waals surface area contributed by atoms with E-state index in [-0.39, 0.29) is 11.4 Å². The third kappa shape index (κ3) is 6.28. The van der Waals surface area contributed by atoms with Gasteiger partial charge in [0, 0.05) is 4.75 Å². The monoisotopic (exact) mass is 214 g/mol. The minimum Gasteiger partial charge on any atom is -0.395 e. The van der Waals surface area contributed by atoms with Crippen LogP contribution in [0, 0.1) is 0 Å². The molecule has 0 rings (SSSR count). The first-order valence-corrected chi connectivity index (χ1v) is 6.37. The molecule has 0 amide bonds. The summed E-state index contributed by atoms with van der Waals surface area (Å²) in [4.78, 5) is 0. The number of rotatable bonds is 7. The van der Waals surface area contributed by atoms with Crippen LogP contribution >= 0.6 is 11.8 Å². The van der Waals surface area contributed by atoms with Crippen LogP contribution in [0.5, 0.6) is 0 Å². The van der Waals surface area contributed by atoms with Gasteiger partial charge in [0.15, 0.2) is 0 Å². The maximum absolute atomic E-state index is 9.16. The minimum atomic E-state index is -0.00896. The van der Waals surface area contributed by atoms with Gasteiger partial charge >= 0.3 is 0 Å². The highest BCUT2D eigenvalue weighted by Crippen LogP contribution is 2.25. The average Bonchev–Trinajstić information content (AvgIpc) is 2.23. The van der Waals surface area contributed by atoms with Gasteiger partial charge in [0.05, 0.1) is 6.61 Å². The van der Waals surface area contributed by atoms with E-state index < -0.39 is 0 Å². The summed E-state index contributed by atoms with van der Waals surface area (Å²) in [6.07, 6.45) is 13.8. The molecule has 0 saturated heterocycles. The Balaban J connectivity index is 3.74. The molecule has 0 aromatic carbocycles. The fourth-order valence-corrected chi connectivity index (χ4v) is 1.37. The fraction of sp³-hybridized carbons (Fsp3) is 0.667. The van der Waals surface area contributed by atoms with Crippen LogP contribution in [0.1, 0.15) is 33.1 Å². The molecule has 0 saturated carbocycles. The highest BCUT2D eigenvalue weighted by molar-refractivity contribution is 8.00. The first kappa shape index (κ1) is 13.8. The molecule has 0 bridgehead atoms. The molecule has 0 aliphatic rings. The smallest absolute Gasteiger partial charge is 0.0578 e. The van der Waals surface area contributed by atoms with Gasteiger partial charge in [-0.1, -0.05) is 31.2 Å². The molecule has 1 unspecified atom stereocenters. The predicted octanol–water partition coefficient (Wildman–Crippen LogP) is 3.40. The quantitative estimate of drug-likeness (QED) is 0.655. The zero-order valence-electron chi connectivity index (χ0n) is 9.49. The van der Waals surface area contributed by atoms with E-state index in [1.807, 2.05) is 6.26 Å². The molecule has 0 aliphatic heterocycles. The summed E-state index contributed by atoms with van der Waals surface area (Å²) in [5.74, 6) is 0. The first-order valence-electron chi connectivity index (χ1n) is 5.14. The van der Waals surface area contributed by atoms with E-state index in [0.717, 1.165) is 19.3 Å². The van der Waals surface area contributed by atoms with Crippen molar-refractivity contribution < 1.29 is 5.11 Å². The molecule has 0 fully saturated rings. The zero-order chi connectivity index (χ0) is 10.9. The highest BCUT2D eigenvalue weighted by Gasteiger charge is 2.19. The molecule has 0 radical (unpaired) electrons. The zero-order valence-corrected chi connectivity index (χ0v) is 10.3. The Hall–Kier alpha value is -0.210. The van der Waals surface area contributed by atoms with Gasteiger partial charge in [0.2, 0.25) is 0 Å². The molecular formula is C12H22OS. The Labute approximate surface area is 92.3 Å². The second kappa shape index (κ2) is 8.13. The summed E-state index contributed by atoms with van der Waals surface area (Å²) in [5.41, 5.74) is 0. The first-order chi connectivity index (χ1) is 6.68.